The maximum Gasteiger partial charge on any atom is 0.275 e. The Bertz CT molecular complexity index is 593. The van der Waals surface area contributed by atoms with Crippen molar-refractivity contribution in [1.82, 2.24) is 10.2 Å². The summed E-state index contributed by atoms with van der Waals surface area (Å²) in [6, 6.07) is 7.52. The van der Waals surface area contributed by atoms with E-state index in [1.807, 2.05) is 49.9 Å². The van der Waals surface area contributed by atoms with Crippen molar-refractivity contribution < 1.29 is 14.5 Å². The van der Waals surface area contributed by atoms with Gasteiger partial charge in [-0.15, -0.1) is 11.8 Å². The molecule has 1 aromatic rings. The van der Waals surface area contributed by atoms with Gasteiger partial charge in [0.15, 0.2) is 6.54 Å². The Labute approximate surface area is 159 Å². The molecule has 25 heavy (non-hydrogen) atoms. The smallest absolute Gasteiger partial charge is 0.275 e. The zero-order valence-electron chi connectivity index (χ0n) is 15.1. The minimum atomic E-state index is -0.201. The molecule has 7 heteroatoms. The number of thioether (sulfide) groups is 1. The van der Waals surface area contributed by atoms with E-state index in [0.717, 1.165) is 18.0 Å². The van der Waals surface area contributed by atoms with E-state index in [-0.39, 0.29) is 17.4 Å². The number of carbonyl (C=O) groups is 2. The Balaban J connectivity index is 1.71. The van der Waals surface area contributed by atoms with Crippen molar-refractivity contribution in [2.24, 2.45) is 0 Å². The number of nitrogens with zero attached hydrogens (tertiary/aromatic N) is 1. The summed E-state index contributed by atoms with van der Waals surface area (Å²) >= 11 is 7.39. The van der Waals surface area contributed by atoms with Crippen LogP contribution in [0, 0.1) is 0 Å². The van der Waals surface area contributed by atoms with Crippen LogP contribution in [0.5, 0.6) is 0 Å². The van der Waals surface area contributed by atoms with Crippen molar-refractivity contribution in [1.29, 1.82) is 0 Å². The summed E-state index contributed by atoms with van der Waals surface area (Å²) in [5.41, 5.74) is -0.201. The van der Waals surface area contributed by atoms with Gasteiger partial charge in [0.2, 0.25) is 5.91 Å². The zero-order chi connectivity index (χ0) is 18.4. The molecule has 0 unspecified atom stereocenters. The quantitative estimate of drug-likeness (QED) is 0.747. The van der Waals surface area contributed by atoms with E-state index in [4.69, 9.17) is 11.6 Å². The molecule has 0 atom stereocenters. The molecule has 1 heterocycles. The number of hydrogen-bond acceptors (Lipinski definition) is 3. The van der Waals surface area contributed by atoms with E-state index < -0.39 is 0 Å². The summed E-state index contributed by atoms with van der Waals surface area (Å²) in [7, 11) is 0. The summed E-state index contributed by atoms with van der Waals surface area (Å²) in [4.78, 5) is 28.5. The van der Waals surface area contributed by atoms with Crippen LogP contribution in [-0.4, -0.2) is 60.7 Å². The third-order valence-corrected chi connectivity index (χ3v) is 5.17. The number of hydrogen-bond donors (Lipinski definition) is 2. The number of benzene rings is 1. The van der Waals surface area contributed by atoms with Crippen LogP contribution in [0.4, 0.5) is 0 Å². The maximum atomic E-state index is 12.3. The second-order valence-corrected chi connectivity index (χ2v) is 8.83. The number of rotatable bonds is 5. The molecule has 0 bridgehead atoms. The Kier molecular flexibility index (Phi) is 7.16. The van der Waals surface area contributed by atoms with Gasteiger partial charge in [-0.3, -0.25) is 9.59 Å². The highest BCUT2D eigenvalue weighted by molar-refractivity contribution is 8.00. The van der Waals surface area contributed by atoms with Gasteiger partial charge in [0.05, 0.1) is 31.9 Å². The van der Waals surface area contributed by atoms with Crippen molar-refractivity contribution in [2.45, 2.75) is 31.2 Å². The van der Waals surface area contributed by atoms with Crippen LogP contribution in [0.1, 0.15) is 20.8 Å². The summed E-state index contributed by atoms with van der Waals surface area (Å²) < 4.78 is 0. The standard InChI is InChI=1S/C18H26ClN3O2S/c1-18(2,3)20-16(23)12-21-8-10-22(11-9-21)17(24)13-25-15-6-4-14(19)5-7-15/h4-7H,8-13H2,1-3H3,(H,20,23)/p+1. The highest BCUT2D eigenvalue weighted by Gasteiger charge is 2.26. The monoisotopic (exact) mass is 384 g/mol. The summed E-state index contributed by atoms with van der Waals surface area (Å²) in [5, 5.41) is 3.69. The van der Waals surface area contributed by atoms with Gasteiger partial charge < -0.3 is 15.1 Å². The number of nitrogens with one attached hydrogen (secondary N) is 2. The van der Waals surface area contributed by atoms with Crippen LogP contribution in [0.2, 0.25) is 5.02 Å². The molecular formula is C18H27ClN3O2S+. The molecular weight excluding hydrogens is 358 g/mol. The van der Waals surface area contributed by atoms with Crippen molar-refractivity contribution in [3.63, 3.8) is 0 Å². The molecule has 1 saturated heterocycles. The Morgan fingerprint density at radius 3 is 2.36 bits per heavy atom. The normalized spacial score (nSPS) is 15.9. The van der Waals surface area contributed by atoms with Crippen LogP contribution in [0.25, 0.3) is 0 Å². The Morgan fingerprint density at radius 1 is 1.20 bits per heavy atom. The molecule has 0 aliphatic carbocycles. The third kappa shape index (κ3) is 7.26. The fraction of sp³-hybridized carbons (Fsp3) is 0.556. The predicted molar refractivity (Wildman–Crippen MR) is 102 cm³/mol. The van der Waals surface area contributed by atoms with E-state index in [0.29, 0.717) is 30.4 Å². The van der Waals surface area contributed by atoms with Gasteiger partial charge in [0, 0.05) is 15.5 Å². The molecule has 0 saturated carbocycles. The number of amides is 2. The first kappa shape index (κ1) is 20.1. The summed E-state index contributed by atoms with van der Waals surface area (Å²) in [5.74, 6) is 0.653. The molecule has 0 radical (unpaired) electrons. The molecule has 2 N–H and O–H groups in total. The summed E-state index contributed by atoms with van der Waals surface area (Å²) in [6.07, 6.45) is 0. The molecule has 5 nitrogen and oxygen atoms in total. The van der Waals surface area contributed by atoms with Gasteiger partial charge in [-0.25, -0.2) is 0 Å². The largest absolute Gasteiger partial charge is 0.347 e. The van der Waals surface area contributed by atoms with Crippen LogP contribution in [-0.2, 0) is 9.59 Å². The van der Waals surface area contributed by atoms with E-state index in [2.05, 4.69) is 5.32 Å². The first-order chi connectivity index (χ1) is 11.7. The molecule has 1 fully saturated rings. The molecule has 1 aromatic carbocycles. The highest BCUT2D eigenvalue weighted by atomic mass is 35.5. The minimum absolute atomic E-state index is 0.0700. The molecule has 1 aliphatic heterocycles. The zero-order valence-corrected chi connectivity index (χ0v) is 16.7. The fourth-order valence-corrected chi connectivity index (χ4v) is 3.63. The number of halogens is 1. The second kappa shape index (κ2) is 8.92. The van der Waals surface area contributed by atoms with Gasteiger partial charge in [-0.05, 0) is 45.0 Å². The van der Waals surface area contributed by atoms with Crippen LogP contribution < -0.4 is 10.2 Å². The van der Waals surface area contributed by atoms with Gasteiger partial charge in [-0.2, -0.15) is 0 Å². The summed E-state index contributed by atoms with van der Waals surface area (Å²) in [6.45, 7) is 9.46. The molecule has 138 valence electrons. The number of quaternary nitrogens is 1. The molecule has 0 spiro atoms. The van der Waals surface area contributed by atoms with Crippen molar-refractivity contribution in [3.8, 4) is 0 Å². The van der Waals surface area contributed by atoms with E-state index in [9.17, 15) is 9.59 Å². The highest BCUT2D eigenvalue weighted by Crippen LogP contribution is 2.20. The van der Waals surface area contributed by atoms with Gasteiger partial charge in [0.1, 0.15) is 0 Å². The minimum Gasteiger partial charge on any atom is -0.347 e. The molecule has 2 amide bonds. The van der Waals surface area contributed by atoms with Crippen LogP contribution in [0.15, 0.2) is 29.2 Å². The lowest BCUT2D eigenvalue weighted by atomic mass is 10.1. The Morgan fingerprint density at radius 2 is 1.80 bits per heavy atom. The van der Waals surface area contributed by atoms with Crippen LogP contribution in [0.3, 0.4) is 0 Å². The van der Waals surface area contributed by atoms with Crippen molar-refractivity contribution >= 4 is 35.2 Å². The third-order valence-electron chi connectivity index (χ3n) is 3.92. The van der Waals surface area contributed by atoms with E-state index >= 15 is 0 Å². The van der Waals surface area contributed by atoms with Crippen molar-refractivity contribution in [3.05, 3.63) is 29.3 Å². The molecule has 1 aliphatic rings. The fourth-order valence-electron chi connectivity index (χ4n) is 2.71. The van der Waals surface area contributed by atoms with Crippen molar-refractivity contribution in [2.75, 3.05) is 38.5 Å². The average Bonchev–Trinajstić information content (AvgIpc) is 2.53. The lowest BCUT2D eigenvalue weighted by molar-refractivity contribution is -0.896. The van der Waals surface area contributed by atoms with E-state index in [1.165, 1.54) is 16.7 Å². The topological polar surface area (TPSA) is 53.9 Å². The average molecular weight is 385 g/mol. The SMILES string of the molecule is CC(C)(C)NC(=O)C[NH+]1CCN(C(=O)CSc2ccc(Cl)cc2)CC1. The molecule has 2 rings (SSSR count). The van der Waals surface area contributed by atoms with Gasteiger partial charge in [-0.1, -0.05) is 11.6 Å². The number of piperazine rings is 1. The first-order valence-electron chi connectivity index (χ1n) is 8.54. The number of carbonyl (C=O) groups excluding carboxylic acids is 2. The van der Waals surface area contributed by atoms with Gasteiger partial charge in [0.25, 0.3) is 5.91 Å². The lowest BCUT2D eigenvalue weighted by Crippen LogP contribution is -3.16. The molecule has 0 aromatic heterocycles. The lowest BCUT2D eigenvalue weighted by Gasteiger charge is -2.32. The first-order valence-corrected chi connectivity index (χ1v) is 9.90. The van der Waals surface area contributed by atoms with Gasteiger partial charge >= 0.3 is 0 Å². The predicted octanol–water partition coefficient (Wildman–Crippen LogP) is 1.07. The Hall–Kier alpha value is -1.24. The van der Waals surface area contributed by atoms with E-state index in [1.54, 1.807) is 0 Å². The second-order valence-electron chi connectivity index (χ2n) is 7.35. The maximum absolute atomic E-state index is 12.3. The van der Waals surface area contributed by atoms with Crippen LogP contribution >= 0.6 is 23.4 Å².